The van der Waals surface area contributed by atoms with Gasteiger partial charge in [-0.15, -0.1) is 0 Å². The van der Waals surface area contributed by atoms with Crippen molar-refractivity contribution in [1.29, 1.82) is 0 Å². The molecule has 0 aliphatic heterocycles. The van der Waals surface area contributed by atoms with Crippen LogP contribution in [0.3, 0.4) is 0 Å². The summed E-state index contributed by atoms with van der Waals surface area (Å²) in [5.41, 5.74) is 7.47. The molecule has 0 bridgehead atoms. The van der Waals surface area contributed by atoms with Gasteiger partial charge in [0.15, 0.2) is 0 Å². The fourth-order valence-electron chi connectivity index (χ4n) is 1.13. The summed E-state index contributed by atoms with van der Waals surface area (Å²) in [6.07, 6.45) is 0.917. The molecule has 0 heterocycles. The van der Waals surface area contributed by atoms with Crippen molar-refractivity contribution in [3.8, 4) is 0 Å². The highest BCUT2D eigenvalue weighted by molar-refractivity contribution is 7.85. The Morgan fingerprint density at radius 2 is 2.15 bits per heavy atom. The molecule has 13 heavy (non-hydrogen) atoms. The van der Waals surface area contributed by atoms with Crippen molar-refractivity contribution in [3.05, 3.63) is 23.8 Å². The zero-order valence-electron chi connectivity index (χ0n) is 8.04. The highest BCUT2D eigenvalue weighted by atomic mass is 32.2. The van der Waals surface area contributed by atoms with Gasteiger partial charge in [0, 0.05) is 11.4 Å². The van der Waals surface area contributed by atoms with Crippen molar-refractivity contribution in [2.75, 3.05) is 11.5 Å². The monoisotopic (exact) mass is 197 g/mol. The van der Waals surface area contributed by atoms with Gasteiger partial charge in [-0.05, 0) is 31.0 Å². The topological polar surface area (TPSA) is 43.1 Å². The van der Waals surface area contributed by atoms with Crippen LogP contribution in [-0.2, 0) is 10.8 Å². The van der Waals surface area contributed by atoms with Gasteiger partial charge in [0.2, 0.25) is 0 Å². The molecule has 1 aromatic rings. The number of hydrogen-bond acceptors (Lipinski definition) is 2. The van der Waals surface area contributed by atoms with E-state index in [0.717, 1.165) is 16.9 Å². The number of hydrogen-bond donors (Lipinski definition) is 1. The predicted octanol–water partition coefficient (Wildman–Crippen LogP) is 2.09. The summed E-state index contributed by atoms with van der Waals surface area (Å²) in [6.45, 7) is 4.00. The SMILES string of the molecule is CCCS(=O)c1cc(C)ccc1N. The van der Waals surface area contributed by atoms with Crippen molar-refractivity contribution in [1.82, 2.24) is 0 Å². The quantitative estimate of drug-likeness (QED) is 0.754. The zero-order chi connectivity index (χ0) is 9.84. The summed E-state index contributed by atoms with van der Waals surface area (Å²) in [5, 5.41) is 0. The van der Waals surface area contributed by atoms with Gasteiger partial charge in [-0.25, -0.2) is 0 Å². The van der Waals surface area contributed by atoms with E-state index in [1.165, 1.54) is 0 Å². The number of nitrogen functional groups attached to an aromatic ring is 1. The van der Waals surface area contributed by atoms with E-state index in [0.29, 0.717) is 11.4 Å². The van der Waals surface area contributed by atoms with Gasteiger partial charge in [-0.1, -0.05) is 13.0 Å². The van der Waals surface area contributed by atoms with Crippen LogP contribution in [0.15, 0.2) is 23.1 Å². The third-order valence-corrected chi connectivity index (χ3v) is 3.43. The number of nitrogens with two attached hydrogens (primary N) is 1. The molecular formula is C10H15NOS. The summed E-state index contributed by atoms with van der Waals surface area (Å²) in [5.74, 6) is 0.688. The highest BCUT2D eigenvalue weighted by Gasteiger charge is 2.06. The van der Waals surface area contributed by atoms with Crippen molar-refractivity contribution in [3.63, 3.8) is 0 Å². The fourth-order valence-corrected chi connectivity index (χ4v) is 2.37. The lowest BCUT2D eigenvalue weighted by molar-refractivity contribution is 0.682. The first kappa shape index (κ1) is 10.3. The van der Waals surface area contributed by atoms with Crippen LogP contribution >= 0.6 is 0 Å². The van der Waals surface area contributed by atoms with Crippen LogP contribution in [0.25, 0.3) is 0 Å². The molecular weight excluding hydrogens is 182 g/mol. The first-order valence-corrected chi connectivity index (χ1v) is 5.71. The summed E-state index contributed by atoms with van der Waals surface area (Å²) in [4.78, 5) is 0.779. The molecule has 1 aromatic carbocycles. The van der Waals surface area contributed by atoms with Crippen LogP contribution < -0.4 is 5.73 Å². The number of rotatable bonds is 3. The molecule has 1 unspecified atom stereocenters. The van der Waals surface area contributed by atoms with Gasteiger partial charge in [-0.2, -0.15) is 0 Å². The Morgan fingerprint density at radius 1 is 1.46 bits per heavy atom. The summed E-state index contributed by atoms with van der Waals surface area (Å²) < 4.78 is 11.6. The second-order valence-electron chi connectivity index (χ2n) is 3.09. The normalized spacial score (nSPS) is 12.8. The van der Waals surface area contributed by atoms with Gasteiger partial charge in [0.05, 0.1) is 15.7 Å². The van der Waals surface area contributed by atoms with E-state index in [1.807, 2.05) is 32.0 Å². The maximum atomic E-state index is 11.6. The van der Waals surface area contributed by atoms with Crippen LogP contribution in [-0.4, -0.2) is 9.96 Å². The molecule has 0 fully saturated rings. The van der Waals surface area contributed by atoms with E-state index in [1.54, 1.807) is 0 Å². The fraction of sp³-hybridized carbons (Fsp3) is 0.400. The van der Waals surface area contributed by atoms with Crippen molar-refractivity contribution < 1.29 is 4.21 Å². The molecule has 3 heteroatoms. The minimum absolute atomic E-state index is 0.636. The number of anilines is 1. The molecule has 1 atom stereocenters. The van der Waals surface area contributed by atoms with E-state index in [4.69, 9.17) is 5.73 Å². The first-order valence-electron chi connectivity index (χ1n) is 4.39. The molecule has 0 aliphatic rings. The molecule has 0 saturated heterocycles. The van der Waals surface area contributed by atoms with Gasteiger partial charge in [0.25, 0.3) is 0 Å². The molecule has 0 radical (unpaired) electrons. The molecule has 0 spiro atoms. The smallest absolute Gasteiger partial charge is 0.0619 e. The van der Waals surface area contributed by atoms with Gasteiger partial charge in [-0.3, -0.25) is 4.21 Å². The molecule has 72 valence electrons. The van der Waals surface area contributed by atoms with Crippen molar-refractivity contribution >= 4 is 16.5 Å². The summed E-state index contributed by atoms with van der Waals surface area (Å²) in [7, 11) is -0.930. The molecule has 1 rings (SSSR count). The second kappa shape index (κ2) is 4.42. The zero-order valence-corrected chi connectivity index (χ0v) is 8.86. The highest BCUT2D eigenvalue weighted by Crippen LogP contribution is 2.18. The minimum Gasteiger partial charge on any atom is -0.398 e. The molecule has 0 aliphatic carbocycles. The van der Waals surface area contributed by atoms with Crippen molar-refractivity contribution in [2.24, 2.45) is 0 Å². The van der Waals surface area contributed by atoms with Crippen LogP contribution in [0.5, 0.6) is 0 Å². The Labute approximate surface area is 81.6 Å². The van der Waals surface area contributed by atoms with Gasteiger partial charge < -0.3 is 5.73 Å². The average Bonchev–Trinajstić information content (AvgIpc) is 2.09. The molecule has 0 aromatic heterocycles. The Bertz CT molecular complexity index is 323. The van der Waals surface area contributed by atoms with E-state index in [9.17, 15) is 4.21 Å². The van der Waals surface area contributed by atoms with Crippen LogP contribution in [0, 0.1) is 6.92 Å². The van der Waals surface area contributed by atoms with Gasteiger partial charge >= 0.3 is 0 Å². The first-order chi connectivity index (χ1) is 6.15. The lowest BCUT2D eigenvalue weighted by Crippen LogP contribution is -2.01. The lowest BCUT2D eigenvalue weighted by Gasteiger charge is -2.05. The van der Waals surface area contributed by atoms with E-state index in [-0.39, 0.29) is 0 Å². The van der Waals surface area contributed by atoms with Gasteiger partial charge in [0.1, 0.15) is 0 Å². The Morgan fingerprint density at radius 3 is 2.77 bits per heavy atom. The van der Waals surface area contributed by atoms with Crippen LogP contribution in [0.2, 0.25) is 0 Å². The van der Waals surface area contributed by atoms with Crippen LogP contribution in [0.1, 0.15) is 18.9 Å². The molecule has 0 amide bonds. The number of benzene rings is 1. The summed E-state index contributed by atoms with van der Waals surface area (Å²) >= 11 is 0. The second-order valence-corrected chi connectivity index (χ2v) is 4.63. The van der Waals surface area contributed by atoms with E-state index >= 15 is 0 Å². The summed E-state index contributed by atoms with van der Waals surface area (Å²) in [6, 6.07) is 5.65. The molecule has 2 nitrogen and oxygen atoms in total. The predicted molar refractivity (Wildman–Crippen MR) is 57.2 cm³/mol. The van der Waals surface area contributed by atoms with E-state index < -0.39 is 10.8 Å². The lowest BCUT2D eigenvalue weighted by atomic mass is 10.2. The molecule has 2 N–H and O–H groups in total. The third kappa shape index (κ3) is 2.56. The Kier molecular flexibility index (Phi) is 3.48. The standard InChI is InChI=1S/C10H15NOS/c1-3-6-13(12)10-7-8(2)4-5-9(10)11/h4-5,7H,3,6,11H2,1-2H3. The number of aryl methyl sites for hydroxylation is 1. The third-order valence-electron chi connectivity index (χ3n) is 1.80. The average molecular weight is 197 g/mol. The maximum Gasteiger partial charge on any atom is 0.0619 e. The van der Waals surface area contributed by atoms with Crippen LogP contribution in [0.4, 0.5) is 5.69 Å². The Hall–Kier alpha value is -0.830. The Balaban J connectivity index is 2.99. The maximum absolute atomic E-state index is 11.6. The van der Waals surface area contributed by atoms with E-state index in [2.05, 4.69) is 0 Å². The van der Waals surface area contributed by atoms with Crippen molar-refractivity contribution in [2.45, 2.75) is 25.2 Å². The minimum atomic E-state index is -0.930. The molecule has 0 saturated carbocycles. The largest absolute Gasteiger partial charge is 0.398 e.